The Kier molecular flexibility index (Phi) is 5.92. The van der Waals surface area contributed by atoms with Gasteiger partial charge in [-0.2, -0.15) is 5.26 Å². The Morgan fingerprint density at radius 3 is 2.48 bits per heavy atom. The van der Waals surface area contributed by atoms with Crippen LogP contribution in [0.25, 0.3) is 11.8 Å². The fraction of sp³-hybridized carbons (Fsp3) is 0.0952. The first-order valence-electron chi connectivity index (χ1n) is 8.55. The maximum atomic E-state index is 13.0. The molecule has 2 aromatic carbocycles. The van der Waals surface area contributed by atoms with E-state index >= 15 is 0 Å². The van der Waals surface area contributed by atoms with Gasteiger partial charge in [-0.05, 0) is 43.3 Å². The molecule has 0 saturated carbocycles. The van der Waals surface area contributed by atoms with Crippen molar-refractivity contribution in [1.82, 2.24) is 9.36 Å². The molecular formula is C21H16Cl2N4O2. The van der Waals surface area contributed by atoms with Gasteiger partial charge in [0, 0.05) is 17.8 Å². The molecule has 0 unspecified atom stereocenters. The van der Waals surface area contributed by atoms with Crippen LogP contribution in [-0.4, -0.2) is 15.3 Å². The predicted molar refractivity (Wildman–Crippen MR) is 114 cm³/mol. The number of carbonyl (C=O) groups is 1. The molecule has 3 aromatic rings. The van der Waals surface area contributed by atoms with Crippen LogP contribution in [0.2, 0.25) is 10.0 Å². The van der Waals surface area contributed by atoms with Gasteiger partial charge in [0.15, 0.2) is 0 Å². The summed E-state index contributed by atoms with van der Waals surface area (Å²) >= 11 is 11.9. The molecule has 6 nitrogen and oxygen atoms in total. The molecule has 0 radical (unpaired) electrons. The Bertz CT molecular complexity index is 1220. The van der Waals surface area contributed by atoms with Crippen molar-refractivity contribution in [2.75, 3.05) is 5.32 Å². The lowest BCUT2D eigenvalue weighted by atomic mass is 10.1. The van der Waals surface area contributed by atoms with Crippen molar-refractivity contribution in [2.45, 2.75) is 6.92 Å². The Morgan fingerprint density at radius 2 is 1.86 bits per heavy atom. The van der Waals surface area contributed by atoms with Gasteiger partial charge in [0.05, 0.1) is 22.0 Å². The van der Waals surface area contributed by atoms with Crippen molar-refractivity contribution in [3.05, 3.63) is 85.8 Å². The lowest BCUT2D eigenvalue weighted by Gasteiger charge is -2.07. The third kappa shape index (κ3) is 4.11. The number of aromatic nitrogens is 2. The standard InChI is InChI=1S/C21H16Cl2N4O2/c1-13-17(21(29)27(26(13)2)16-6-4-3-5-7-16)10-14(12-24)20(28)25-19-9-8-15(22)11-18(19)23/h3-11H,1-2H3,(H,25,28). The molecule has 1 heterocycles. The van der Waals surface area contributed by atoms with Gasteiger partial charge in [-0.1, -0.05) is 41.4 Å². The molecule has 1 aromatic heterocycles. The van der Waals surface area contributed by atoms with Crippen molar-refractivity contribution >= 4 is 40.9 Å². The van der Waals surface area contributed by atoms with Crippen molar-refractivity contribution in [2.24, 2.45) is 7.05 Å². The molecule has 0 bridgehead atoms. The van der Waals surface area contributed by atoms with Gasteiger partial charge in [-0.15, -0.1) is 0 Å². The van der Waals surface area contributed by atoms with E-state index in [2.05, 4.69) is 5.32 Å². The molecule has 8 heteroatoms. The Morgan fingerprint density at radius 1 is 1.17 bits per heavy atom. The molecule has 0 aliphatic carbocycles. The van der Waals surface area contributed by atoms with E-state index in [0.29, 0.717) is 22.1 Å². The smallest absolute Gasteiger partial charge is 0.278 e. The highest BCUT2D eigenvalue weighted by atomic mass is 35.5. The van der Waals surface area contributed by atoms with Gasteiger partial charge in [0.2, 0.25) is 0 Å². The first kappa shape index (κ1) is 20.5. The van der Waals surface area contributed by atoms with Crippen LogP contribution < -0.4 is 10.9 Å². The minimum Gasteiger partial charge on any atom is -0.320 e. The predicted octanol–water partition coefficient (Wildman–Crippen LogP) is 4.34. The summed E-state index contributed by atoms with van der Waals surface area (Å²) in [7, 11) is 1.74. The molecule has 3 rings (SSSR count). The molecule has 1 amide bonds. The molecule has 0 spiro atoms. The summed E-state index contributed by atoms with van der Waals surface area (Å²) in [4.78, 5) is 25.5. The Labute approximate surface area is 177 Å². The number of para-hydroxylation sites is 1. The second kappa shape index (κ2) is 8.39. The molecule has 0 aliphatic rings. The second-order valence-electron chi connectivity index (χ2n) is 6.22. The van der Waals surface area contributed by atoms with Crippen LogP contribution in [0.5, 0.6) is 0 Å². The third-order valence-corrected chi connectivity index (χ3v) is 4.98. The number of nitrogens with one attached hydrogen (secondary N) is 1. The highest BCUT2D eigenvalue weighted by Crippen LogP contribution is 2.26. The molecule has 0 aliphatic heterocycles. The monoisotopic (exact) mass is 426 g/mol. The Balaban J connectivity index is 2.01. The number of nitrogens with zero attached hydrogens (tertiary/aromatic N) is 3. The summed E-state index contributed by atoms with van der Waals surface area (Å²) in [5.74, 6) is -0.675. The Hall–Kier alpha value is -3.27. The second-order valence-corrected chi connectivity index (χ2v) is 7.07. The van der Waals surface area contributed by atoms with E-state index in [4.69, 9.17) is 23.2 Å². The van der Waals surface area contributed by atoms with Gasteiger partial charge in [0.1, 0.15) is 11.6 Å². The molecule has 29 heavy (non-hydrogen) atoms. The topological polar surface area (TPSA) is 79.8 Å². The molecular weight excluding hydrogens is 411 g/mol. The van der Waals surface area contributed by atoms with Crippen molar-refractivity contribution in [3.8, 4) is 11.8 Å². The highest BCUT2D eigenvalue weighted by Gasteiger charge is 2.18. The van der Waals surface area contributed by atoms with E-state index in [1.54, 1.807) is 36.9 Å². The SMILES string of the molecule is Cc1c(C=C(C#N)C(=O)Nc2ccc(Cl)cc2Cl)c(=O)n(-c2ccccc2)n1C. The fourth-order valence-corrected chi connectivity index (χ4v) is 3.28. The third-order valence-electron chi connectivity index (χ3n) is 4.43. The van der Waals surface area contributed by atoms with Crippen LogP contribution in [0.15, 0.2) is 58.9 Å². The number of hydrogen-bond acceptors (Lipinski definition) is 3. The number of nitriles is 1. The van der Waals surface area contributed by atoms with Crippen LogP contribution in [-0.2, 0) is 11.8 Å². The maximum absolute atomic E-state index is 13.0. The number of rotatable bonds is 4. The van der Waals surface area contributed by atoms with Crippen LogP contribution >= 0.6 is 23.2 Å². The van der Waals surface area contributed by atoms with Gasteiger partial charge in [0.25, 0.3) is 11.5 Å². The van der Waals surface area contributed by atoms with E-state index in [1.165, 1.54) is 22.9 Å². The summed E-state index contributed by atoms with van der Waals surface area (Å²) in [6, 6.07) is 15.5. The van der Waals surface area contributed by atoms with E-state index in [1.807, 2.05) is 24.3 Å². The van der Waals surface area contributed by atoms with E-state index in [9.17, 15) is 14.9 Å². The van der Waals surface area contributed by atoms with Crippen LogP contribution in [0.3, 0.4) is 0 Å². The van der Waals surface area contributed by atoms with Gasteiger partial charge < -0.3 is 5.32 Å². The quantitative estimate of drug-likeness (QED) is 0.497. The summed E-state index contributed by atoms with van der Waals surface area (Å²) in [6.07, 6.45) is 1.29. The molecule has 0 saturated heterocycles. The lowest BCUT2D eigenvalue weighted by Crippen LogP contribution is -2.20. The highest BCUT2D eigenvalue weighted by molar-refractivity contribution is 6.36. The maximum Gasteiger partial charge on any atom is 0.278 e. The average Bonchev–Trinajstić information content (AvgIpc) is 2.91. The molecule has 0 atom stereocenters. The van der Waals surface area contributed by atoms with E-state index < -0.39 is 5.91 Å². The largest absolute Gasteiger partial charge is 0.320 e. The number of halogens is 2. The minimum atomic E-state index is -0.675. The zero-order valence-corrected chi connectivity index (χ0v) is 17.1. The lowest BCUT2D eigenvalue weighted by molar-refractivity contribution is -0.112. The summed E-state index contributed by atoms with van der Waals surface area (Å²) in [5.41, 5.74) is 1.31. The minimum absolute atomic E-state index is 0.220. The summed E-state index contributed by atoms with van der Waals surface area (Å²) in [6.45, 7) is 1.75. The molecule has 0 fully saturated rings. The zero-order chi connectivity index (χ0) is 21.1. The summed E-state index contributed by atoms with van der Waals surface area (Å²) in [5, 5.41) is 12.7. The van der Waals surface area contributed by atoms with Crippen LogP contribution in [0.1, 0.15) is 11.3 Å². The van der Waals surface area contributed by atoms with Crippen molar-refractivity contribution in [1.29, 1.82) is 5.26 Å². The zero-order valence-electron chi connectivity index (χ0n) is 15.6. The van der Waals surface area contributed by atoms with Gasteiger partial charge in [-0.25, -0.2) is 4.68 Å². The van der Waals surface area contributed by atoms with Crippen molar-refractivity contribution < 1.29 is 4.79 Å². The number of amides is 1. The molecule has 1 N–H and O–H groups in total. The van der Waals surface area contributed by atoms with Crippen LogP contribution in [0, 0.1) is 18.3 Å². The molecule has 146 valence electrons. The fourth-order valence-electron chi connectivity index (χ4n) is 2.83. The first-order valence-corrected chi connectivity index (χ1v) is 9.31. The average molecular weight is 427 g/mol. The van der Waals surface area contributed by atoms with E-state index in [0.717, 1.165) is 0 Å². The summed E-state index contributed by atoms with van der Waals surface area (Å²) < 4.78 is 3.15. The number of benzene rings is 2. The van der Waals surface area contributed by atoms with E-state index in [-0.39, 0.29) is 21.7 Å². The normalized spacial score (nSPS) is 11.2. The first-order chi connectivity index (χ1) is 13.8. The number of carbonyl (C=O) groups excluding carboxylic acids is 1. The van der Waals surface area contributed by atoms with Gasteiger partial charge in [-0.3, -0.25) is 14.3 Å². The number of anilines is 1. The van der Waals surface area contributed by atoms with Gasteiger partial charge >= 0.3 is 0 Å². The van der Waals surface area contributed by atoms with Crippen LogP contribution in [0.4, 0.5) is 5.69 Å². The van der Waals surface area contributed by atoms with Crippen molar-refractivity contribution in [3.63, 3.8) is 0 Å². The number of hydrogen-bond donors (Lipinski definition) is 1.